The van der Waals surface area contributed by atoms with Crippen LogP contribution < -0.4 is 16.4 Å². The molecule has 0 spiro atoms. The maximum atomic E-state index is 10.8. The molecule has 6 N–H and O–H groups in total. The zero-order valence-electron chi connectivity index (χ0n) is 18.1. The van der Waals surface area contributed by atoms with Crippen molar-refractivity contribution in [3.8, 4) is 5.75 Å². The van der Waals surface area contributed by atoms with Crippen molar-refractivity contribution in [1.82, 2.24) is 5.32 Å². The Bertz CT molecular complexity index is 1020. The van der Waals surface area contributed by atoms with E-state index in [4.69, 9.17) is 15.6 Å². The van der Waals surface area contributed by atoms with E-state index in [2.05, 4.69) is 22.8 Å². The molecule has 2 bridgehead atoms. The number of carboxylic acid groups (broad SMARTS) is 1. The van der Waals surface area contributed by atoms with Gasteiger partial charge in [0, 0.05) is 22.8 Å². The van der Waals surface area contributed by atoms with Crippen LogP contribution in [0.4, 0.5) is 30.2 Å². The first kappa shape index (κ1) is 23.2. The predicted octanol–water partition coefficient (Wildman–Crippen LogP) is 4.70. The second kappa shape index (κ2) is 8.78. The van der Waals surface area contributed by atoms with E-state index in [-0.39, 0.29) is 5.41 Å². The summed E-state index contributed by atoms with van der Waals surface area (Å²) >= 11 is 0. The molecule has 6 nitrogen and oxygen atoms in total. The smallest absolute Gasteiger partial charge is 0.490 e. The van der Waals surface area contributed by atoms with Crippen molar-refractivity contribution in [1.29, 1.82) is 0 Å². The van der Waals surface area contributed by atoms with Gasteiger partial charge in [-0.05, 0) is 85.7 Å². The van der Waals surface area contributed by atoms with Crippen molar-refractivity contribution < 1.29 is 28.2 Å². The number of piperidine rings is 1. The number of fused-ring (bicyclic) bond motifs is 1. The van der Waals surface area contributed by atoms with Gasteiger partial charge >= 0.3 is 12.1 Å². The van der Waals surface area contributed by atoms with Crippen molar-refractivity contribution in [2.24, 2.45) is 5.92 Å². The highest BCUT2D eigenvalue weighted by molar-refractivity contribution is 5.73. The molecule has 2 aromatic carbocycles. The highest BCUT2D eigenvalue weighted by Gasteiger charge is 2.51. The lowest BCUT2D eigenvalue weighted by molar-refractivity contribution is -0.192. The third-order valence-corrected chi connectivity index (χ3v) is 7.19. The number of rotatable bonds is 2. The molecule has 0 radical (unpaired) electrons. The summed E-state index contributed by atoms with van der Waals surface area (Å²) in [6, 6.07) is 12.5. The van der Waals surface area contributed by atoms with Gasteiger partial charge in [-0.1, -0.05) is 12.8 Å². The zero-order chi connectivity index (χ0) is 23.8. The summed E-state index contributed by atoms with van der Waals surface area (Å²) in [5.41, 5.74) is 11.3. The largest absolute Gasteiger partial charge is 0.506 e. The quantitative estimate of drug-likeness (QED) is 0.327. The lowest BCUT2D eigenvalue weighted by Crippen LogP contribution is -2.59. The molecule has 9 heteroatoms. The van der Waals surface area contributed by atoms with Gasteiger partial charge in [-0.3, -0.25) is 0 Å². The average Bonchev–Trinajstić information content (AvgIpc) is 2.76. The fraction of sp³-hybridized carbons (Fsp3) is 0.458. The van der Waals surface area contributed by atoms with Gasteiger partial charge in [0.05, 0.1) is 5.69 Å². The molecule has 33 heavy (non-hydrogen) atoms. The number of nitrogens with two attached hydrogens (primary N) is 1. The molecule has 3 atom stereocenters. The molecule has 2 aliphatic carbocycles. The Morgan fingerprint density at radius 2 is 1.85 bits per heavy atom. The number of hydrogen-bond donors (Lipinski definition) is 5. The van der Waals surface area contributed by atoms with Crippen LogP contribution in [-0.4, -0.2) is 34.9 Å². The number of hydrogen-bond acceptors (Lipinski definition) is 5. The summed E-state index contributed by atoms with van der Waals surface area (Å²) < 4.78 is 31.7. The molecule has 2 aromatic rings. The highest BCUT2D eigenvalue weighted by Crippen LogP contribution is 2.55. The van der Waals surface area contributed by atoms with E-state index in [0.717, 1.165) is 35.9 Å². The maximum Gasteiger partial charge on any atom is 0.490 e. The lowest BCUT2D eigenvalue weighted by atomic mass is 9.53. The van der Waals surface area contributed by atoms with Gasteiger partial charge in [0.1, 0.15) is 5.75 Å². The van der Waals surface area contributed by atoms with E-state index in [0.29, 0.717) is 11.8 Å². The monoisotopic (exact) mass is 463 g/mol. The Hall–Kier alpha value is -2.94. The second-order valence-electron chi connectivity index (χ2n) is 9.10. The number of halogens is 3. The number of alkyl halides is 3. The van der Waals surface area contributed by atoms with Gasteiger partial charge in [-0.25, -0.2) is 4.79 Å². The molecule has 0 aromatic heterocycles. The molecule has 1 heterocycles. The first-order valence-corrected chi connectivity index (χ1v) is 11.1. The van der Waals surface area contributed by atoms with E-state index in [9.17, 15) is 18.3 Å². The Balaban J connectivity index is 0.000000325. The fourth-order valence-electron chi connectivity index (χ4n) is 5.79. The standard InChI is InChI=1S/C22H27N3O.C2HF3O2/c23-15-4-6-16(7-5-15)25-20-12-14-11-19-17-3-1-2-8-22(17,9-10-24-19)18(14)13-21(20)26;3-2(4,5)1(6)7/h4-7,12-13,17,19,24-26H,1-3,8-11,23H2;(H,6,7)/t17-,19+,22+;/m1./s1. The van der Waals surface area contributed by atoms with Crippen molar-refractivity contribution >= 4 is 23.0 Å². The molecule has 3 aliphatic rings. The minimum absolute atomic E-state index is 0.277. The average molecular weight is 464 g/mol. The maximum absolute atomic E-state index is 10.8. The molecule has 1 saturated carbocycles. The van der Waals surface area contributed by atoms with Crippen LogP contribution >= 0.6 is 0 Å². The first-order valence-electron chi connectivity index (χ1n) is 11.1. The third-order valence-electron chi connectivity index (χ3n) is 7.19. The minimum atomic E-state index is -5.08. The van der Waals surface area contributed by atoms with E-state index < -0.39 is 12.1 Å². The summed E-state index contributed by atoms with van der Waals surface area (Å²) in [5.74, 6) is -1.67. The Labute approximate surface area is 190 Å². The SMILES string of the molecule is Nc1ccc(Nc2cc3c(cc2O)[C@]24CCCC[C@@H]2[C@H](C3)NCC4)cc1.O=C(O)C(F)(F)F. The van der Waals surface area contributed by atoms with E-state index >= 15 is 0 Å². The molecule has 0 amide bonds. The van der Waals surface area contributed by atoms with Gasteiger partial charge in [0.15, 0.2) is 0 Å². The van der Waals surface area contributed by atoms with Crippen LogP contribution in [0.3, 0.4) is 0 Å². The molecular formula is C24H28F3N3O3. The molecule has 5 rings (SSSR count). The van der Waals surface area contributed by atoms with Gasteiger partial charge in [-0.15, -0.1) is 0 Å². The summed E-state index contributed by atoms with van der Waals surface area (Å²) in [6.07, 6.45) is 2.44. The van der Waals surface area contributed by atoms with E-state index in [1.165, 1.54) is 43.2 Å². The van der Waals surface area contributed by atoms with Crippen LogP contribution in [0.1, 0.15) is 43.2 Å². The number of aromatic hydroxyl groups is 1. The normalized spacial score (nSPS) is 25.7. The lowest BCUT2D eigenvalue weighted by Gasteiger charge is -2.56. The number of benzene rings is 2. The number of aliphatic carboxylic acids is 1. The van der Waals surface area contributed by atoms with Crippen molar-refractivity contribution in [3.63, 3.8) is 0 Å². The van der Waals surface area contributed by atoms with E-state index in [1.54, 1.807) is 0 Å². The molecule has 1 saturated heterocycles. The number of anilines is 3. The van der Waals surface area contributed by atoms with Gasteiger partial charge in [0.25, 0.3) is 0 Å². The van der Waals surface area contributed by atoms with Gasteiger partial charge in [0.2, 0.25) is 0 Å². The van der Waals surface area contributed by atoms with Gasteiger partial charge < -0.3 is 26.6 Å². The molecular weight excluding hydrogens is 435 g/mol. The zero-order valence-corrected chi connectivity index (χ0v) is 18.1. The number of phenolic OH excluding ortho intramolecular Hbond substituents is 1. The summed E-state index contributed by atoms with van der Waals surface area (Å²) in [6.45, 7) is 1.10. The summed E-state index contributed by atoms with van der Waals surface area (Å²) in [7, 11) is 0. The van der Waals surface area contributed by atoms with Crippen LogP contribution in [0.2, 0.25) is 0 Å². The summed E-state index contributed by atoms with van der Waals surface area (Å²) in [5, 5.41) is 25.0. The number of nitrogen functional groups attached to an aromatic ring is 1. The van der Waals surface area contributed by atoms with Crippen molar-refractivity contribution in [2.45, 2.75) is 56.2 Å². The topological polar surface area (TPSA) is 108 Å². The predicted molar refractivity (Wildman–Crippen MR) is 120 cm³/mol. The van der Waals surface area contributed by atoms with Crippen molar-refractivity contribution in [2.75, 3.05) is 17.6 Å². The molecule has 0 unspecified atom stereocenters. The molecule has 2 fully saturated rings. The van der Waals surface area contributed by atoms with Crippen LogP contribution in [0, 0.1) is 5.92 Å². The Morgan fingerprint density at radius 1 is 1.15 bits per heavy atom. The minimum Gasteiger partial charge on any atom is -0.506 e. The third kappa shape index (κ3) is 4.59. The second-order valence-corrected chi connectivity index (χ2v) is 9.10. The first-order chi connectivity index (χ1) is 15.6. The number of carboxylic acids is 1. The Kier molecular flexibility index (Phi) is 6.18. The Morgan fingerprint density at radius 3 is 2.52 bits per heavy atom. The fourth-order valence-corrected chi connectivity index (χ4v) is 5.79. The van der Waals surface area contributed by atoms with Crippen LogP contribution in [0.5, 0.6) is 5.75 Å². The van der Waals surface area contributed by atoms with E-state index in [1.807, 2.05) is 24.3 Å². The number of nitrogens with one attached hydrogen (secondary N) is 2. The summed E-state index contributed by atoms with van der Waals surface area (Å²) in [4.78, 5) is 8.90. The van der Waals surface area contributed by atoms with Crippen LogP contribution in [0.15, 0.2) is 36.4 Å². The number of carbonyl (C=O) groups is 1. The van der Waals surface area contributed by atoms with Crippen LogP contribution in [0.25, 0.3) is 0 Å². The van der Waals surface area contributed by atoms with Crippen molar-refractivity contribution in [3.05, 3.63) is 47.5 Å². The highest BCUT2D eigenvalue weighted by atomic mass is 19.4. The molecule has 178 valence electrons. The van der Waals surface area contributed by atoms with Crippen LogP contribution in [-0.2, 0) is 16.6 Å². The van der Waals surface area contributed by atoms with Gasteiger partial charge in [-0.2, -0.15) is 13.2 Å². The molecule has 1 aliphatic heterocycles. The number of phenols is 1.